The molecule has 108 valence electrons. The third-order valence-electron chi connectivity index (χ3n) is 2.40. The Morgan fingerprint density at radius 1 is 1.10 bits per heavy atom. The van der Waals surface area contributed by atoms with Gasteiger partial charge >= 0.3 is 5.97 Å². The number of hydrogen-bond acceptors (Lipinski definition) is 2. The molecule has 0 spiro atoms. The van der Waals surface area contributed by atoms with Crippen LogP contribution in [0.3, 0.4) is 0 Å². The molecule has 0 aliphatic heterocycles. The monoisotopic (exact) mass is 292 g/mol. The van der Waals surface area contributed by atoms with Gasteiger partial charge in [0.15, 0.2) is 29.4 Å². The zero-order valence-corrected chi connectivity index (χ0v) is 10.3. The average molecular weight is 292 g/mol. The van der Waals surface area contributed by atoms with Gasteiger partial charge in [-0.25, -0.2) is 26.7 Å². The lowest BCUT2D eigenvalue weighted by atomic mass is 10.1. The predicted molar refractivity (Wildman–Crippen MR) is 59.2 cm³/mol. The topological polar surface area (TPSA) is 26.3 Å². The highest BCUT2D eigenvalue weighted by molar-refractivity contribution is 5.90. The quantitative estimate of drug-likeness (QED) is 0.280. The number of ether oxygens (including phenoxy) is 1. The summed E-state index contributed by atoms with van der Waals surface area (Å²) in [4.78, 5) is 11.5. The van der Waals surface area contributed by atoms with Gasteiger partial charge in [0.1, 0.15) is 5.56 Å². The van der Waals surface area contributed by atoms with Crippen molar-refractivity contribution in [2.75, 3.05) is 0 Å². The molecule has 1 atom stereocenters. The summed E-state index contributed by atoms with van der Waals surface area (Å²) in [6, 6.07) is 0. The summed E-state index contributed by atoms with van der Waals surface area (Å²) in [5.74, 6) is -11.0. The second kappa shape index (κ2) is 6.37. The van der Waals surface area contributed by atoms with Crippen LogP contribution in [-0.2, 0) is 4.74 Å². The summed E-state index contributed by atoms with van der Waals surface area (Å²) in [6.07, 6.45) is 4.60. The minimum Gasteiger partial charge on any atom is -0.445 e. The number of terminal acetylenes is 1. The lowest BCUT2D eigenvalue weighted by Crippen LogP contribution is -2.20. The van der Waals surface area contributed by atoms with Crippen molar-refractivity contribution in [3.05, 3.63) is 34.6 Å². The molecule has 0 aliphatic rings. The molecular formula is C13H9F5O2. The van der Waals surface area contributed by atoms with Crippen molar-refractivity contribution in [1.82, 2.24) is 0 Å². The Bertz CT molecular complexity index is 548. The lowest BCUT2D eigenvalue weighted by Gasteiger charge is -2.12. The molecule has 0 fully saturated rings. The van der Waals surface area contributed by atoms with Crippen LogP contribution >= 0.6 is 0 Å². The summed E-state index contributed by atoms with van der Waals surface area (Å²) in [5.41, 5.74) is -1.65. The first kappa shape index (κ1) is 16.0. The van der Waals surface area contributed by atoms with E-state index in [-0.39, 0.29) is 6.42 Å². The molecule has 0 amide bonds. The van der Waals surface area contributed by atoms with Gasteiger partial charge in [-0.15, -0.1) is 6.42 Å². The van der Waals surface area contributed by atoms with Crippen molar-refractivity contribution in [2.24, 2.45) is 0 Å². The van der Waals surface area contributed by atoms with E-state index >= 15 is 0 Å². The number of benzene rings is 1. The van der Waals surface area contributed by atoms with Crippen LogP contribution in [0.1, 0.15) is 30.1 Å². The van der Waals surface area contributed by atoms with E-state index in [1.807, 2.05) is 5.92 Å². The van der Waals surface area contributed by atoms with E-state index in [0.717, 1.165) is 0 Å². The van der Waals surface area contributed by atoms with Gasteiger partial charge in [-0.2, -0.15) is 0 Å². The molecule has 0 bridgehead atoms. The van der Waals surface area contributed by atoms with E-state index in [1.54, 1.807) is 6.92 Å². The first-order valence-corrected chi connectivity index (χ1v) is 5.53. The van der Waals surface area contributed by atoms with Crippen molar-refractivity contribution in [3.63, 3.8) is 0 Å². The molecule has 0 aromatic heterocycles. The molecule has 0 saturated heterocycles. The number of hydrogen-bond donors (Lipinski definition) is 0. The van der Waals surface area contributed by atoms with E-state index in [9.17, 15) is 26.7 Å². The molecule has 1 rings (SSSR count). The largest absolute Gasteiger partial charge is 0.445 e. The molecule has 2 nitrogen and oxygen atoms in total. The fourth-order valence-electron chi connectivity index (χ4n) is 1.41. The Balaban J connectivity index is 3.21. The SMILES string of the molecule is C#CC(CCC)OC(=O)c1c(F)c(F)c(F)c(F)c1F. The van der Waals surface area contributed by atoms with Gasteiger partial charge in [-0.1, -0.05) is 19.3 Å². The molecule has 0 saturated carbocycles. The van der Waals surface area contributed by atoms with Crippen LogP contribution in [0.25, 0.3) is 0 Å². The molecule has 0 N–H and O–H groups in total. The van der Waals surface area contributed by atoms with Crippen LogP contribution in [0.2, 0.25) is 0 Å². The standard InChI is InChI=1S/C13H9F5O2/c1-3-5-6(4-2)20-13(19)7-8(14)10(16)12(18)11(17)9(7)15/h2,6H,3,5H2,1H3. The Hall–Kier alpha value is -2.10. The van der Waals surface area contributed by atoms with Crippen molar-refractivity contribution in [2.45, 2.75) is 25.9 Å². The number of carbonyl (C=O) groups excluding carboxylic acids is 1. The molecular weight excluding hydrogens is 283 g/mol. The van der Waals surface area contributed by atoms with Gasteiger partial charge in [0.2, 0.25) is 5.82 Å². The molecule has 0 heterocycles. The van der Waals surface area contributed by atoms with Crippen LogP contribution in [0.4, 0.5) is 22.0 Å². The van der Waals surface area contributed by atoms with Gasteiger partial charge in [0.25, 0.3) is 0 Å². The molecule has 20 heavy (non-hydrogen) atoms. The minimum absolute atomic E-state index is 0.192. The number of esters is 1. The Morgan fingerprint density at radius 3 is 1.95 bits per heavy atom. The van der Waals surface area contributed by atoms with E-state index in [0.29, 0.717) is 6.42 Å². The maximum Gasteiger partial charge on any atom is 0.345 e. The second-order valence-corrected chi connectivity index (χ2v) is 3.79. The molecule has 7 heteroatoms. The van der Waals surface area contributed by atoms with E-state index in [1.165, 1.54) is 0 Å². The molecule has 1 unspecified atom stereocenters. The first-order valence-electron chi connectivity index (χ1n) is 5.53. The average Bonchev–Trinajstić information content (AvgIpc) is 2.42. The summed E-state index contributed by atoms with van der Waals surface area (Å²) < 4.78 is 69.8. The predicted octanol–water partition coefficient (Wildman–Crippen LogP) is 3.34. The van der Waals surface area contributed by atoms with Crippen molar-refractivity contribution < 1.29 is 31.5 Å². The first-order chi connectivity index (χ1) is 9.34. The van der Waals surface area contributed by atoms with Gasteiger partial charge < -0.3 is 4.74 Å². The maximum atomic E-state index is 13.3. The zero-order valence-electron chi connectivity index (χ0n) is 10.3. The van der Waals surface area contributed by atoms with E-state index < -0.39 is 46.7 Å². The summed E-state index contributed by atoms with van der Waals surface area (Å²) in [6.45, 7) is 1.70. The molecule has 1 aromatic carbocycles. The summed E-state index contributed by atoms with van der Waals surface area (Å²) in [5, 5.41) is 0. The highest BCUT2D eigenvalue weighted by atomic mass is 19.2. The lowest BCUT2D eigenvalue weighted by molar-refractivity contribution is 0.0381. The van der Waals surface area contributed by atoms with Gasteiger partial charge in [-0.3, -0.25) is 0 Å². The van der Waals surface area contributed by atoms with Crippen molar-refractivity contribution in [3.8, 4) is 12.3 Å². The second-order valence-electron chi connectivity index (χ2n) is 3.79. The zero-order chi connectivity index (χ0) is 15.4. The number of halogens is 5. The summed E-state index contributed by atoms with van der Waals surface area (Å²) >= 11 is 0. The van der Waals surface area contributed by atoms with Crippen molar-refractivity contribution in [1.29, 1.82) is 0 Å². The van der Waals surface area contributed by atoms with Crippen molar-refractivity contribution >= 4 is 5.97 Å². The van der Waals surface area contributed by atoms with Crippen LogP contribution in [0.15, 0.2) is 0 Å². The minimum atomic E-state index is -2.35. The molecule has 1 aromatic rings. The maximum absolute atomic E-state index is 13.3. The van der Waals surface area contributed by atoms with Gasteiger partial charge in [-0.05, 0) is 6.42 Å². The highest BCUT2D eigenvalue weighted by Gasteiger charge is 2.31. The van der Waals surface area contributed by atoms with Crippen LogP contribution in [0.5, 0.6) is 0 Å². The molecule has 0 aliphatic carbocycles. The third-order valence-corrected chi connectivity index (χ3v) is 2.40. The van der Waals surface area contributed by atoms with Crippen LogP contribution < -0.4 is 0 Å². The summed E-state index contributed by atoms with van der Waals surface area (Å²) in [7, 11) is 0. The highest BCUT2D eigenvalue weighted by Crippen LogP contribution is 2.24. The Morgan fingerprint density at radius 2 is 1.55 bits per heavy atom. The van der Waals surface area contributed by atoms with Crippen LogP contribution in [-0.4, -0.2) is 12.1 Å². The molecule has 0 radical (unpaired) electrons. The Kier molecular flexibility index (Phi) is 5.08. The normalized spacial score (nSPS) is 11.8. The third kappa shape index (κ3) is 2.90. The fraction of sp³-hybridized carbons (Fsp3) is 0.308. The van der Waals surface area contributed by atoms with Gasteiger partial charge in [0.05, 0.1) is 0 Å². The van der Waals surface area contributed by atoms with E-state index in [4.69, 9.17) is 6.42 Å². The van der Waals surface area contributed by atoms with Crippen LogP contribution in [0, 0.1) is 41.4 Å². The Labute approximate surface area is 111 Å². The smallest absolute Gasteiger partial charge is 0.345 e. The number of rotatable bonds is 4. The number of carbonyl (C=O) groups is 1. The van der Waals surface area contributed by atoms with Gasteiger partial charge in [0, 0.05) is 0 Å². The van der Waals surface area contributed by atoms with E-state index in [2.05, 4.69) is 4.74 Å². The fourth-order valence-corrected chi connectivity index (χ4v) is 1.41.